The van der Waals surface area contributed by atoms with E-state index in [-0.39, 0.29) is 0 Å². The predicted octanol–water partition coefficient (Wildman–Crippen LogP) is 2.28. The van der Waals surface area contributed by atoms with Crippen molar-refractivity contribution in [2.75, 3.05) is 31.1 Å². The molecule has 2 aromatic heterocycles. The number of thiophene rings is 1. The van der Waals surface area contributed by atoms with Gasteiger partial charge in [0.25, 0.3) is 0 Å². The number of aryl methyl sites for hydroxylation is 1. The molecule has 0 unspecified atom stereocenters. The van der Waals surface area contributed by atoms with Crippen molar-refractivity contribution >= 4 is 27.4 Å². The van der Waals surface area contributed by atoms with Crippen molar-refractivity contribution < 1.29 is 0 Å². The highest BCUT2D eigenvalue weighted by molar-refractivity contribution is 7.18. The molecule has 0 aliphatic carbocycles. The molecule has 4 nitrogen and oxygen atoms in total. The molecule has 0 N–H and O–H groups in total. The number of hydrogen-bond donors (Lipinski definition) is 0. The van der Waals surface area contributed by atoms with E-state index in [0.29, 0.717) is 6.04 Å². The van der Waals surface area contributed by atoms with Gasteiger partial charge in [-0.15, -0.1) is 11.3 Å². The first-order chi connectivity index (χ1) is 9.33. The maximum absolute atomic E-state index is 4.61. The Labute approximate surface area is 117 Å². The van der Waals surface area contributed by atoms with E-state index in [1.54, 1.807) is 17.7 Å². The van der Waals surface area contributed by atoms with E-state index in [1.807, 2.05) is 0 Å². The Bertz CT molecular complexity index is 601. The van der Waals surface area contributed by atoms with Gasteiger partial charge in [0.1, 0.15) is 12.1 Å². The van der Waals surface area contributed by atoms with Crippen LogP contribution in [0.25, 0.3) is 10.2 Å². The second kappa shape index (κ2) is 4.42. The zero-order valence-electron chi connectivity index (χ0n) is 11.2. The van der Waals surface area contributed by atoms with Crippen molar-refractivity contribution in [2.24, 2.45) is 0 Å². The largest absolute Gasteiger partial charge is 0.351 e. The highest BCUT2D eigenvalue weighted by Gasteiger charge is 2.30. The van der Waals surface area contributed by atoms with Crippen LogP contribution in [0.4, 0.5) is 5.82 Å². The van der Waals surface area contributed by atoms with E-state index < -0.39 is 0 Å². The Morgan fingerprint density at radius 2 is 2.00 bits per heavy atom. The van der Waals surface area contributed by atoms with Crippen LogP contribution < -0.4 is 4.90 Å². The molecule has 5 heterocycles. The maximum atomic E-state index is 4.61. The summed E-state index contributed by atoms with van der Waals surface area (Å²) in [4.78, 5) is 14.2. The van der Waals surface area contributed by atoms with Crippen molar-refractivity contribution in [3.05, 3.63) is 17.3 Å². The van der Waals surface area contributed by atoms with Crippen molar-refractivity contribution in [2.45, 2.75) is 25.8 Å². The lowest BCUT2D eigenvalue weighted by Gasteiger charge is -2.32. The van der Waals surface area contributed by atoms with Crippen molar-refractivity contribution in [3.63, 3.8) is 0 Å². The lowest BCUT2D eigenvalue weighted by Crippen LogP contribution is -2.38. The van der Waals surface area contributed by atoms with Gasteiger partial charge in [0, 0.05) is 32.2 Å². The summed E-state index contributed by atoms with van der Waals surface area (Å²) in [7, 11) is 0. The molecule has 0 amide bonds. The molecule has 0 saturated carbocycles. The SMILES string of the molecule is Cc1csc2c(N3CCN4CCC3CC4)ncnc12. The summed E-state index contributed by atoms with van der Waals surface area (Å²) < 4.78 is 1.26. The third kappa shape index (κ3) is 1.83. The van der Waals surface area contributed by atoms with Gasteiger partial charge in [0.15, 0.2) is 0 Å². The van der Waals surface area contributed by atoms with E-state index >= 15 is 0 Å². The van der Waals surface area contributed by atoms with Crippen LogP contribution in [-0.2, 0) is 0 Å². The number of hydrogen-bond acceptors (Lipinski definition) is 5. The average Bonchev–Trinajstić information content (AvgIpc) is 2.65. The lowest BCUT2D eigenvalue weighted by molar-refractivity contribution is 0.250. The third-order valence-corrected chi connectivity index (χ3v) is 5.52. The van der Waals surface area contributed by atoms with Gasteiger partial charge in [-0.2, -0.15) is 0 Å². The first-order valence-corrected chi connectivity index (χ1v) is 7.88. The Kier molecular flexibility index (Phi) is 2.70. The predicted molar refractivity (Wildman–Crippen MR) is 79.0 cm³/mol. The molecule has 2 bridgehead atoms. The summed E-state index contributed by atoms with van der Waals surface area (Å²) in [5.41, 5.74) is 2.40. The van der Waals surface area contributed by atoms with Gasteiger partial charge in [0.2, 0.25) is 0 Å². The van der Waals surface area contributed by atoms with Gasteiger partial charge in [-0.3, -0.25) is 0 Å². The summed E-state index contributed by atoms with van der Waals surface area (Å²) in [6.07, 6.45) is 4.28. The number of nitrogens with zero attached hydrogens (tertiary/aromatic N) is 4. The smallest absolute Gasteiger partial charge is 0.150 e. The quantitative estimate of drug-likeness (QED) is 0.798. The van der Waals surface area contributed by atoms with E-state index in [0.717, 1.165) is 17.9 Å². The number of anilines is 1. The minimum Gasteiger partial charge on any atom is -0.351 e. The topological polar surface area (TPSA) is 32.3 Å². The van der Waals surface area contributed by atoms with Crippen molar-refractivity contribution in [1.82, 2.24) is 14.9 Å². The number of fused-ring (bicyclic) bond motifs is 5. The highest BCUT2D eigenvalue weighted by atomic mass is 32.1. The molecule has 5 rings (SSSR count). The van der Waals surface area contributed by atoms with Crippen LogP contribution in [0.5, 0.6) is 0 Å². The number of rotatable bonds is 1. The highest BCUT2D eigenvalue weighted by Crippen LogP contribution is 2.34. The molecule has 3 saturated heterocycles. The molecule has 3 aliphatic heterocycles. The molecule has 19 heavy (non-hydrogen) atoms. The van der Waals surface area contributed by atoms with Crippen molar-refractivity contribution in [3.8, 4) is 0 Å². The molecule has 2 aromatic rings. The molecular weight excluding hydrogens is 256 g/mol. The fourth-order valence-corrected chi connectivity index (χ4v) is 4.33. The van der Waals surface area contributed by atoms with Gasteiger partial charge in [0.05, 0.1) is 10.2 Å². The molecule has 5 heteroatoms. The van der Waals surface area contributed by atoms with Crippen LogP contribution >= 0.6 is 11.3 Å². The fourth-order valence-electron chi connectivity index (χ4n) is 3.33. The van der Waals surface area contributed by atoms with E-state index in [2.05, 4.69) is 32.1 Å². The normalized spacial score (nSPS) is 26.9. The molecule has 0 atom stereocenters. The summed E-state index contributed by atoms with van der Waals surface area (Å²) in [5, 5.41) is 2.20. The van der Waals surface area contributed by atoms with Gasteiger partial charge < -0.3 is 9.80 Å². The second-order valence-corrected chi connectivity index (χ2v) is 6.44. The molecular formula is C14H18N4S. The molecule has 100 valence electrons. The summed E-state index contributed by atoms with van der Waals surface area (Å²) >= 11 is 1.79. The van der Waals surface area contributed by atoms with Crippen LogP contribution in [-0.4, -0.2) is 47.1 Å². The monoisotopic (exact) mass is 274 g/mol. The van der Waals surface area contributed by atoms with E-state index in [1.165, 1.54) is 42.7 Å². The molecule has 0 radical (unpaired) electrons. The Hall–Kier alpha value is -1.20. The number of piperidine rings is 1. The summed E-state index contributed by atoms with van der Waals surface area (Å²) in [6, 6.07) is 0.666. The van der Waals surface area contributed by atoms with Crippen LogP contribution in [0.1, 0.15) is 18.4 Å². The Balaban J connectivity index is 1.81. The van der Waals surface area contributed by atoms with Gasteiger partial charge in [-0.25, -0.2) is 9.97 Å². The number of aromatic nitrogens is 2. The average molecular weight is 274 g/mol. The zero-order chi connectivity index (χ0) is 12.8. The van der Waals surface area contributed by atoms with Crippen molar-refractivity contribution in [1.29, 1.82) is 0 Å². The van der Waals surface area contributed by atoms with Gasteiger partial charge >= 0.3 is 0 Å². The Morgan fingerprint density at radius 1 is 1.16 bits per heavy atom. The fraction of sp³-hybridized carbons (Fsp3) is 0.571. The van der Waals surface area contributed by atoms with Crippen LogP contribution in [0.3, 0.4) is 0 Å². The van der Waals surface area contributed by atoms with E-state index in [4.69, 9.17) is 0 Å². The van der Waals surface area contributed by atoms with E-state index in [9.17, 15) is 0 Å². The first kappa shape index (κ1) is 11.6. The van der Waals surface area contributed by atoms with Gasteiger partial charge in [-0.05, 0) is 30.7 Å². The second-order valence-electron chi connectivity index (χ2n) is 5.56. The van der Waals surface area contributed by atoms with Crippen LogP contribution in [0.2, 0.25) is 0 Å². The molecule has 3 aliphatic rings. The summed E-state index contributed by atoms with van der Waals surface area (Å²) in [5.74, 6) is 1.16. The van der Waals surface area contributed by atoms with Crippen LogP contribution in [0, 0.1) is 6.92 Å². The molecule has 3 fully saturated rings. The minimum absolute atomic E-state index is 0.666. The molecule has 0 spiro atoms. The maximum Gasteiger partial charge on any atom is 0.150 e. The summed E-state index contributed by atoms with van der Waals surface area (Å²) in [6.45, 7) is 6.91. The minimum atomic E-state index is 0.666. The Morgan fingerprint density at radius 3 is 2.84 bits per heavy atom. The third-order valence-electron chi connectivity index (χ3n) is 4.44. The zero-order valence-corrected chi connectivity index (χ0v) is 12.0. The van der Waals surface area contributed by atoms with Gasteiger partial charge in [-0.1, -0.05) is 0 Å². The standard InChI is InChI=1S/C14H18N4S/c1-10-8-19-13-12(10)15-9-16-14(13)18-7-6-17-4-2-11(18)3-5-17/h8-9,11H,2-7H2,1H3. The molecule has 0 aromatic carbocycles. The first-order valence-electron chi connectivity index (χ1n) is 7.01. The lowest BCUT2D eigenvalue weighted by atomic mass is 10.1. The van der Waals surface area contributed by atoms with Crippen LogP contribution in [0.15, 0.2) is 11.7 Å².